The van der Waals surface area contributed by atoms with Crippen LogP contribution in [-0.4, -0.2) is 15.8 Å². The molecule has 0 saturated heterocycles. The molecule has 5 heteroatoms. The zero-order chi connectivity index (χ0) is 19.0. The summed E-state index contributed by atoms with van der Waals surface area (Å²) in [6.45, 7) is 5.81. The number of Topliss-reactive ketones (excluding diaryl/α,β-unsaturated/α-hetero) is 1. The first-order valence-corrected chi connectivity index (χ1v) is 9.59. The van der Waals surface area contributed by atoms with Crippen molar-refractivity contribution in [1.29, 1.82) is 0 Å². The fourth-order valence-electron chi connectivity index (χ4n) is 3.02. The van der Waals surface area contributed by atoms with Crippen LogP contribution in [0.3, 0.4) is 0 Å². The Balaban J connectivity index is 1.78. The minimum Gasteiger partial charge on any atom is -0.340 e. The van der Waals surface area contributed by atoms with Crippen molar-refractivity contribution in [3.05, 3.63) is 70.9 Å². The maximum atomic E-state index is 11.5. The topological polar surface area (TPSA) is 54.9 Å². The molecule has 0 fully saturated rings. The quantitative estimate of drug-likeness (QED) is 0.451. The molecular formula is C22H19N3OS. The van der Waals surface area contributed by atoms with Crippen molar-refractivity contribution in [2.24, 2.45) is 0 Å². The van der Waals surface area contributed by atoms with Crippen molar-refractivity contribution in [3.63, 3.8) is 0 Å². The van der Waals surface area contributed by atoms with Crippen molar-refractivity contribution in [1.82, 2.24) is 9.97 Å². The average molecular weight is 373 g/mol. The van der Waals surface area contributed by atoms with Gasteiger partial charge in [0.15, 0.2) is 5.78 Å². The number of fused-ring (bicyclic) bond motifs is 1. The van der Waals surface area contributed by atoms with Gasteiger partial charge in [0.1, 0.15) is 17.0 Å². The Morgan fingerprint density at radius 3 is 2.48 bits per heavy atom. The zero-order valence-electron chi connectivity index (χ0n) is 15.4. The minimum atomic E-state index is 0.0563. The number of carbonyl (C=O) groups excluding carboxylic acids is 1. The Bertz CT molecular complexity index is 1150. The van der Waals surface area contributed by atoms with Gasteiger partial charge in [-0.05, 0) is 61.7 Å². The number of rotatable bonds is 4. The maximum Gasteiger partial charge on any atom is 0.159 e. The molecule has 134 valence electrons. The van der Waals surface area contributed by atoms with Crippen LogP contribution >= 0.6 is 11.3 Å². The zero-order valence-corrected chi connectivity index (χ0v) is 16.2. The number of hydrogen-bond acceptors (Lipinski definition) is 5. The molecule has 0 radical (unpaired) electrons. The standard InChI is InChI=1S/C22H19N3OS/c1-13-4-5-17(10-14(13)2)19-11-27-22-20(19)21(23-12-24-22)25-18-8-6-16(7-9-18)15(3)26/h4-12H,1-3H3,(H,23,24,25). The molecule has 2 aromatic heterocycles. The van der Waals surface area contributed by atoms with Crippen LogP contribution in [-0.2, 0) is 0 Å². The summed E-state index contributed by atoms with van der Waals surface area (Å²) in [4.78, 5) is 21.3. The van der Waals surface area contributed by atoms with E-state index in [4.69, 9.17) is 0 Å². The Morgan fingerprint density at radius 1 is 1.00 bits per heavy atom. The molecule has 4 aromatic rings. The van der Waals surface area contributed by atoms with E-state index in [1.165, 1.54) is 11.1 Å². The van der Waals surface area contributed by atoms with Gasteiger partial charge in [-0.3, -0.25) is 4.79 Å². The van der Waals surface area contributed by atoms with Crippen LogP contribution in [0.2, 0.25) is 0 Å². The van der Waals surface area contributed by atoms with E-state index in [1.54, 1.807) is 24.6 Å². The second-order valence-corrected chi connectivity index (χ2v) is 7.47. The molecule has 0 unspecified atom stereocenters. The number of carbonyl (C=O) groups is 1. The molecule has 2 heterocycles. The highest BCUT2D eigenvalue weighted by molar-refractivity contribution is 7.17. The molecule has 1 N–H and O–H groups in total. The number of anilines is 2. The van der Waals surface area contributed by atoms with Crippen LogP contribution in [0, 0.1) is 13.8 Å². The van der Waals surface area contributed by atoms with E-state index in [0.717, 1.165) is 32.8 Å². The Labute approximate surface area is 161 Å². The fourth-order valence-corrected chi connectivity index (χ4v) is 3.93. The van der Waals surface area contributed by atoms with E-state index in [9.17, 15) is 4.79 Å². The van der Waals surface area contributed by atoms with Gasteiger partial charge in [-0.2, -0.15) is 0 Å². The lowest BCUT2D eigenvalue weighted by Gasteiger charge is -2.10. The van der Waals surface area contributed by atoms with Crippen molar-refractivity contribution in [2.75, 3.05) is 5.32 Å². The third-order valence-electron chi connectivity index (χ3n) is 4.74. The van der Waals surface area contributed by atoms with E-state index < -0.39 is 0 Å². The van der Waals surface area contributed by atoms with Crippen molar-refractivity contribution >= 4 is 38.8 Å². The molecule has 0 spiro atoms. The fraction of sp³-hybridized carbons (Fsp3) is 0.136. The summed E-state index contributed by atoms with van der Waals surface area (Å²) >= 11 is 1.61. The second-order valence-electron chi connectivity index (χ2n) is 6.61. The predicted octanol–water partition coefficient (Wildman–Crippen LogP) is 5.92. The minimum absolute atomic E-state index is 0.0563. The SMILES string of the molecule is CC(=O)c1ccc(Nc2ncnc3scc(-c4ccc(C)c(C)c4)c23)cc1. The molecule has 0 aliphatic carbocycles. The van der Waals surface area contributed by atoms with Gasteiger partial charge in [-0.15, -0.1) is 11.3 Å². The normalized spacial score (nSPS) is 10.9. The molecule has 0 saturated carbocycles. The summed E-state index contributed by atoms with van der Waals surface area (Å²) in [7, 11) is 0. The first kappa shape index (κ1) is 17.4. The number of aromatic nitrogens is 2. The molecular weight excluding hydrogens is 354 g/mol. The maximum absolute atomic E-state index is 11.5. The average Bonchev–Trinajstić information content (AvgIpc) is 3.10. The lowest BCUT2D eigenvalue weighted by Crippen LogP contribution is -1.97. The first-order valence-electron chi connectivity index (χ1n) is 8.71. The van der Waals surface area contributed by atoms with Crippen LogP contribution in [0.1, 0.15) is 28.4 Å². The first-order chi connectivity index (χ1) is 13.0. The molecule has 27 heavy (non-hydrogen) atoms. The molecule has 0 aliphatic rings. The second kappa shape index (κ2) is 6.93. The molecule has 0 amide bonds. The van der Waals surface area contributed by atoms with Gasteiger partial charge in [0.05, 0.1) is 5.39 Å². The summed E-state index contributed by atoms with van der Waals surface area (Å²) < 4.78 is 0. The number of ketones is 1. The van der Waals surface area contributed by atoms with E-state index >= 15 is 0 Å². The number of benzene rings is 2. The van der Waals surface area contributed by atoms with Crippen LogP contribution in [0.4, 0.5) is 11.5 Å². The molecule has 0 bridgehead atoms. The molecule has 0 atom stereocenters. The van der Waals surface area contributed by atoms with Gasteiger partial charge in [0.25, 0.3) is 0 Å². The highest BCUT2D eigenvalue weighted by atomic mass is 32.1. The molecule has 4 nitrogen and oxygen atoms in total. The van der Waals surface area contributed by atoms with E-state index in [2.05, 4.69) is 52.7 Å². The van der Waals surface area contributed by atoms with Crippen molar-refractivity contribution in [2.45, 2.75) is 20.8 Å². The van der Waals surface area contributed by atoms with Crippen LogP contribution in [0.5, 0.6) is 0 Å². The van der Waals surface area contributed by atoms with Crippen molar-refractivity contribution in [3.8, 4) is 11.1 Å². The monoisotopic (exact) mass is 373 g/mol. The smallest absolute Gasteiger partial charge is 0.159 e. The van der Waals surface area contributed by atoms with Crippen LogP contribution in [0.25, 0.3) is 21.3 Å². The highest BCUT2D eigenvalue weighted by Crippen LogP contribution is 2.37. The lowest BCUT2D eigenvalue weighted by atomic mass is 10.0. The van der Waals surface area contributed by atoms with Gasteiger partial charge in [0, 0.05) is 22.2 Å². The summed E-state index contributed by atoms with van der Waals surface area (Å²) in [5.74, 6) is 0.825. The van der Waals surface area contributed by atoms with Crippen molar-refractivity contribution < 1.29 is 4.79 Å². The molecule has 4 rings (SSSR count). The Hall–Kier alpha value is -3.05. The van der Waals surface area contributed by atoms with Gasteiger partial charge in [0.2, 0.25) is 0 Å². The Morgan fingerprint density at radius 2 is 1.78 bits per heavy atom. The number of thiophene rings is 1. The van der Waals surface area contributed by atoms with Gasteiger partial charge in [-0.1, -0.05) is 18.2 Å². The van der Waals surface area contributed by atoms with E-state index in [1.807, 2.05) is 24.3 Å². The molecule has 2 aromatic carbocycles. The number of nitrogens with one attached hydrogen (secondary N) is 1. The van der Waals surface area contributed by atoms with Crippen LogP contribution < -0.4 is 5.32 Å². The number of nitrogens with zero attached hydrogens (tertiary/aromatic N) is 2. The van der Waals surface area contributed by atoms with E-state index in [0.29, 0.717) is 5.56 Å². The third-order valence-corrected chi connectivity index (χ3v) is 5.63. The summed E-state index contributed by atoms with van der Waals surface area (Å²) in [5.41, 5.74) is 6.41. The highest BCUT2D eigenvalue weighted by Gasteiger charge is 2.14. The van der Waals surface area contributed by atoms with Gasteiger partial charge < -0.3 is 5.32 Å². The lowest BCUT2D eigenvalue weighted by molar-refractivity contribution is 0.101. The van der Waals surface area contributed by atoms with Gasteiger partial charge in [-0.25, -0.2) is 9.97 Å². The van der Waals surface area contributed by atoms with Gasteiger partial charge >= 0.3 is 0 Å². The summed E-state index contributed by atoms with van der Waals surface area (Å²) in [6.07, 6.45) is 1.58. The predicted molar refractivity (Wildman–Crippen MR) is 112 cm³/mol. The third kappa shape index (κ3) is 3.34. The van der Waals surface area contributed by atoms with E-state index in [-0.39, 0.29) is 5.78 Å². The largest absolute Gasteiger partial charge is 0.340 e. The summed E-state index contributed by atoms with van der Waals surface area (Å²) in [6, 6.07) is 13.9. The number of hydrogen-bond donors (Lipinski definition) is 1. The number of aryl methyl sites for hydroxylation is 2. The Kier molecular flexibility index (Phi) is 4.46. The molecule has 0 aliphatic heterocycles. The van der Waals surface area contributed by atoms with Crippen LogP contribution in [0.15, 0.2) is 54.2 Å². The summed E-state index contributed by atoms with van der Waals surface area (Å²) in [5, 5.41) is 6.53.